The summed E-state index contributed by atoms with van der Waals surface area (Å²) in [7, 11) is 1.08. The first-order chi connectivity index (χ1) is 13.8. The van der Waals surface area contributed by atoms with Gasteiger partial charge < -0.3 is 5.11 Å². The van der Waals surface area contributed by atoms with Gasteiger partial charge in [-0.15, -0.1) is 8.58 Å². The van der Waals surface area contributed by atoms with Crippen LogP contribution >= 0.6 is 8.58 Å². The summed E-state index contributed by atoms with van der Waals surface area (Å²) in [5.41, 5.74) is 1.64. The van der Waals surface area contributed by atoms with Gasteiger partial charge in [-0.2, -0.15) is 0 Å². The van der Waals surface area contributed by atoms with Gasteiger partial charge in [0.1, 0.15) is 0 Å². The van der Waals surface area contributed by atoms with Crippen molar-refractivity contribution in [3.05, 3.63) is 60.2 Å². The Bertz CT molecular complexity index is 634. The zero-order valence-corrected chi connectivity index (χ0v) is 19.9. The smallest absolute Gasteiger partial charge is 0.164 e. The van der Waals surface area contributed by atoms with Gasteiger partial charge in [0.2, 0.25) is 0 Å². The van der Waals surface area contributed by atoms with Gasteiger partial charge in [0.15, 0.2) is 5.78 Å². The van der Waals surface area contributed by atoms with Crippen molar-refractivity contribution in [2.24, 2.45) is 11.8 Å². The highest BCUT2D eigenvalue weighted by atomic mass is 31.1. The van der Waals surface area contributed by atoms with Crippen LogP contribution in [-0.4, -0.2) is 34.2 Å². The Balaban J connectivity index is 0.000000477. The largest absolute Gasteiger partial charge is 0.388 e. The molecule has 0 amide bonds. The quantitative estimate of drug-likeness (QED) is 0.411. The average Bonchev–Trinajstić information content (AvgIpc) is 2.72. The van der Waals surface area contributed by atoms with Crippen molar-refractivity contribution in [2.45, 2.75) is 59.5 Å². The van der Waals surface area contributed by atoms with Gasteiger partial charge in [-0.3, -0.25) is 14.8 Å². The summed E-state index contributed by atoms with van der Waals surface area (Å²) >= 11 is 0. The summed E-state index contributed by atoms with van der Waals surface area (Å²) < 4.78 is 0. The lowest BCUT2D eigenvalue weighted by molar-refractivity contribution is 0.0975. The molecule has 0 aromatic carbocycles. The summed E-state index contributed by atoms with van der Waals surface area (Å²) in [6.07, 6.45) is 9.86. The molecule has 5 heteroatoms. The van der Waals surface area contributed by atoms with Crippen molar-refractivity contribution in [3.8, 4) is 0 Å². The summed E-state index contributed by atoms with van der Waals surface area (Å²) in [5.74, 6) is 1.42. The number of nitrogens with zero attached hydrogens (tertiary/aromatic N) is 2. The molecule has 1 unspecified atom stereocenters. The van der Waals surface area contributed by atoms with Gasteiger partial charge in [-0.25, -0.2) is 0 Å². The monoisotopic (exact) mass is 418 g/mol. The standard InChI is InChI=1S/C11H17NO.C11H15NO.C2H7P/c2*1-9(2)5-6-11(13)10-4-3-7-12-8-10;1-3-2/h3-4,7-9,11,13H,5-6H2,1-2H3;3-4,7-9H,5-6H2,1-2H3;3H,1-2H3. The Morgan fingerprint density at radius 2 is 1.48 bits per heavy atom. The molecule has 4 nitrogen and oxygen atoms in total. The van der Waals surface area contributed by atoms with Crippen LogP contribution in [0.4, 0.5) is 0 Å². The molecule has 2 rings (SSSR count). The van der Waals surface area contributed by atoms with Crippen molar-refractivity contribution >= 4 is 14.4 Å². The second kappa shape index (κ2) is 17.2. The summed E-state index contributed by atoms with van der Waals surface area (Å²) in [6, 6.07) is 7.38. The minimum atomic E-state index is -0.351. The van der Waals surface area contributed by atoms with Crippen molar-refractivity contribution in [1.82, 2.24) is 9.97 Å². The van der Waals surface area contributed by atoms with Crippen LogP contribution in [0.25, 0.3) is 0 Å². The van der Waals surface area contributed by atoms with E-state index in [2.05, 4.69) is 51.0 Å². The maximum absolute atomic E-state index is 11.5. The minimum absolute atomic E-state index is 0.196. The molecule has 2 heterocycles. The third-order valence-electron chi connectivity index (χ3n) is 4.02. The van der Waals surface area contributed by atoms with Crippen LogP contribution in [-0.2, 0) is 0 Å². The van der Waals surface area contributed by atoms with Crippen LogP contribution in [0.3, 0.4) is 0 Å². The fraction of sp³-hybridized carbons (Fsp3) is 0.542. The second-order valence-electron chi connectivity index (χ2n) is 7.87. The molecule has 0 bridgehead atoms. The fourth-order valence-electron chi connectivity index (χ4n) is 2.32. The van der Waals surface area contributed by atoms with Crippen LogP contribution < -0.4 is 0 Å². The van der Waals surface area contributed by atoms with Crippen LogP contribution in [0.5, 0.6) is 0 Å². The molecule has 2 aromatic heterocycles. The van der Waals surface area contributed by atoms with E-state index in [4.69, 9.17) is 0 Å². The number of carbonyl (C=O) groups is 1. The first-order valence-corrected chi connectivity index (χ1v) is 12.4. The predicted octanol–water partition coefficient (Wildman–Crippen LogP) is 6.18. The Kier molecular flexibility index (Phi) is 16.3. The Morgan fingerprint density at radius 3 is 1.93 bits per heavy atom. The highest BCUT2D eigenvalue weighted by Gasteiger charge is 2.07. The number of aliphatic hydroxyl groups excluding tert-OH is 1. The van der Waals surface area contributed by atoms with Gasteiger partial charge in [0, 0.05) is 36.8 Å². The molecule has 29 heavy (non-hydrogen) atoms. The maximum Gasteiger partial charge on any atom is 0.164 e. The zero-order chi connectivity index (χ0) is 22.1. The topological polar surface area (TPSA) is 63.1 Å². The van der Waals surface area contributed by atoms with Crippen LogP contribution in [0.15, 0.2) is 49.1 Å². The molecule has 0 aliphatic heterocycles. The third kappa shape index (κ3) is 14.9. The number of pyridine rings is 2. The van der Waals surface area contributed by atoms with E-state index < -0.39 is 0 Å². The molecule has 2 aromatic rings. The SMILES string of the molecule is CC(C)CCC(=O)c1cccnc1.CC(C)CCC(O)c1cccnc1.CPC. The van der Waals surface area contributed by atoms with Gasteiger partial charge in [0.25, 0.3) is 0 Å². The summed E-state index contributed by atoms with van der Waals surface area (Å²) in [6.45, 7) is 12.9. The highest BCUT2D eigenvalue weighted by molar-refractivity contribution is 7.35. The number of aromatic nitrogens is 2. The Labute approximate surface area is 179 Å². The highest BCUT2D eigenvalue weighted by Crippen LogP contribution is 2.19. The molecule has 0 aliphatic carbocycles. The Hall–Kier alpha value is -1.64. The van der Waals surface area contributed by atoms with Crippen molar-refractivity contribution in [2.75, 3.05) is 13.3 Å². The number of hydrogen-bond donors (Lipinski definition) is 1. The molecule has 0 spiro atoms. The van der Waals surface area contributed by atoms with E-state index in [0.717, 1.165) is 39.0 Å². The molecular formula is C24H39N2O2P. The van der Waals surface area contributed by atoms with Gasteiger partial charge in [-0.1, -0.05) is 33.8 Å². The molecular weight excluding hydrogens is 379 g/mol. The molecule has 0 aliphatic rings. The zero-order valence-electron chi connectivity index (χ0n) is 18.9. The predicted molar refractivity (Wildman–Crippen MR) is 126 cm³/mol. The van der Waals surface area contributed by atoms with Crippen molar-refractivity contribution in [1.29, 1.82) is 0 Å². The summed E-state index contributed by atoms with van der Waals surface area (Å²) in [4.78, 5) is 19.4. The number of aliphatic hydroxyl groups is 1. The second-order valence-corrected chi connectivity index (χ2v) is 8.87. The lowest BCUT2D eigenvalue weighted by atomic mass is 10.0. The van der Waals surface area contributed by atoms with Crippen LogP contribution in [0, 0.1) is 11.8 Å². The van der Waals surface area contributed by atoms with Gasteiger partial charge >= 0.3 is 0 Å². The van der Waals surface area contributed by atoms with E-state index in [1.807, 2.05) is 18.2 Å². The molecule has 0 radical (unpaired) electrons. The van der Waals surface area contributed by atoms with E-state index in [1.54, 1.807) is 30.9 Å². The number of carbonyl (C=O) groups excluding carboxylic acids is 1. The Morgan fingerprint density at radius 1 is 0.931 bits per heavy atom. The lowest BCUT2D eigenvalue weighted by Gasteiger charge is -2.11. The van der Waals surface area contributed by atoms with Crippen molar-refractivity contribution in [3.63, 3.8) is 0 Å². The maximum atomic E-state index is 11.5. The van der Waals surface area contributed by atoms with Crippen molar-refractivity contribution < 1.29 is 9.90 Å². The van der Waals surface area contributed by atoms with Crippen LogP contribution in [0.2, 0.25) is 0 Å². The van der Waals surface area contributed by atoms with E-state index in [-0.39, 0.29) is 11.9 Å². The molecule has 1 atom stereocenters. The first kappa shape index (κ1) is 27.4. The third-order valence-corrected chi connectivity index (χ3v) is 4.02. The number of hydrogen-bond acceptors (Lipinski definition) is 4. The minimum Gasteiger partial charge on any atom is -0.388 e. The number of rotatable bonds is 8. The molecule has 1 N–H and O–H groups in total. The molecule has 0 saturated heterocycles. The van der Waals surface area contributed by atoms with E-state index in [0.29, 0.717) is 18.3 Å². The molecule has 162 valence electrons. The van der Waals surface area contributed by atoms with Gasteiger partial charge in [0.05, 0.1) is 6.10 Å². The van der Waals surface area contributed by atoms with Crippen LogP contribution in [0.1, 0.15) is 75.4 Å². The molecule has 0 saturated carbocycles. The van der Waals surface area contributed by atoms with E-state index in [9.17, 15) is 9.90 Å². The first-order valence-electron chi connectivity index (χ1n) is 10.4. The van der Waals surface area contributed by atoms with E-state index >= 15 is 0 Å². The van der Waals surface area contributed by atoms with Gasteiger partial charge in [-0.05, 0) is 68.2 Å². The molecule has 0 fully saturated rings. The number of ketones is 1. The number of Topliss-reactive ketones (excluding diaryl/α,β-unsaturated/α-hetero) is 1. The normalized spacial score (nSPS) is 11.2. The summed E-state index contributed by atoms with van der Waals surface area (Å²) in [5, 5.41) is 9.73. The van der Waals surface area contributed by atoms with E-state index in [1.165, 1.54) is 0 Å². The fourth-order valence-corrected chi connectivity index (χ4v) is 2.32. The lowest BCUT2D eigenvalue weighted by Crippen LogP contribution is -2.01. The average molecular weight is 419 g/mol.